The normalized spacial score (nSPS) is 19.5. The highest BCUT2D eigenvalue weighted by molar-refractivity contribution is 5.87. The smallest absolute Gasteiger partial charge is 0.246 e. The fourth-order valence-electron chi connectivity index (χ4n) is 2.51. The molecule has 0 N–H and O–H groups in total. The second kappa shape index (κ2) is 5.31. The van der Waals surface area contributed by atoms with Crippen molar-refractivity contribution in [3.8, 4) is 6.07 Å². The van der Waals surface area contributed by atoms with Crippen molar-refractivity contribution in [3.63, 3.8) is 0 Å². The number of amides is 1. The molecule has 1 fully saturated rings. The minimum absolute atomic E-state index is 0.0358. The molecule has 1 aromatic carbocycles. The number of nitrogens with zero attached hydrogens (tertiary/aromatic N) is 3. The summed E-state index contributed by atoms with van der Waals surface area (Å²) in [5.74, 6) is 0.0358. The molecule has 1 aromatic rings. The first-order valence-electron chi connectivity index (χ1n) is 6.50. The zero-order chi connectivity index (χ0) is 14.0. The average molecular weight is 257 g/mol. The van der Waals surface area contributed by atoms with E-state index >= 15 is 0 Å². The minimum Gasteiger partial charge on any atom is -0.357 e. The summed E-state index contributed by atoms with van der Waals surface area (Å²) >= 11 is 0. The Balaban J connectivity index is 2.38. The number of rotatable bonds is 2. The van der Waals surface area contributed by atoms with Crippen LogP contribution in [0.15, 0.2) is 18.2 Å². The molecule has 0 aromatic heterocycles. The lowest BCUT2D eigenvalue weighted by molar-refractivity contribution is -0.132. The average Bonchev–Trinajstić information content (AvgIpc) is 2.39. The molecular formula is C15H19N3O. The molecule has 1 aliphatic heterocycles. The van der Waals surface area contributed by atoms with Gasteiger partial charge in [-0.15, -0.1) is 0 Å². The lowest BCUT2D eigenvalue weighted by Crippen LogP contribution is -2.56. The summed E-state index contributed by atoms with van der Waals surface area (Å²) in [6, 6.07) is 8.00. The van der Waals surface area contributed by atoms with Crippen LogP contribution in [0.3, 0.4) is 0 Å². The summed E-state index contributed by atoms with van der Waals surface area (Å²) in [5.41, 5.74) is 3.38. The summed E-state index contributed by atoms with van der Waals surface area (Å²) in [4.78, 5) is 16.0. The fourth-order valence-corrected chi connectivity index (χ4v) is 2.51. The number of nitriles is 1. The van der Waals surface area contributed by atoms with E-state index in [2.05, 4.69) is 29.2 Å². The van der Waals surface area contributed by atoms with Gasteiger partial charge in [0.1, 0.15) is 6.04 Å². The van der Waals surface area contributed by atoms with Crippen LogP contribution >= 0.6 is 0 Å². The molecule has 100 valence electrons. The van der Waals surface area contributed by atoms with Crippen LogP contribution in [0, 0.1) is 25.2 Å². The quantitative estimate of drug-likeness (QED) is 0.812. The van der Waals surface area contributed by atoms with E-state index in [0.29, 0.717) is 6.54 Å². The van der Waals surface area contributed by atoms with Gasteiger partial charge in [-0.1, -0.05) is 12.1 Å². The maximum Gasteiger partial charge on any atom is 0.246 e. The molecule has 0 aliphatic carbocycles. The lowest BCUT2D eigenvalue weighted by Gasteiger charge is -2.40. The van der Waals surface area contributed by atoms with E-state index in [9.17, 15) is 4.79 Å². The van der Waals surface area contributed by atoms with E-state index in [4.69, 9.17) is 5.26 Å². The van der Waals surface area contributed by atoms with Crippen molar-refractivity contribution in [3.05, 3.63) is 29.3 Å². The molecule has 1 aliphatic rings. The third-order valence-corrected chi connectivity index (χ3v) is 3.67. The predicted molar refractivity (Wildman–Crippen MR) is 74.9 cm³/mol. The molecule has 0 radical (unpaired) electrons. The first-order chi connectivity index (χ1) is 9.04. The Hall–Kier alpha value is -2.02. The molecule has 0 saturated carbocycles. The molecule has 1 heterocycles. The monoisotopic (exact) mass is 257 g/mol. The van der Waals surface area contributed by atoms with E-state index in [1.807, 2.05) is 13.8 Å². The summed E-state index contributed by atoms with van der Waals surface area (Å²) in [6.07, 6.45) is 0.233. The number of likely N-dealkylation sites (N-methyl/N-ethyl adjacent to an activating group) is 1. The van der Waals surface area contributed by atoms with Gasteiger partial charge in [0.15, 0.2) is 0 Å². The van der Waals surface area contributed by atoms with E-state index in [1.165, 1.54) is 5.56 Å². The molecule has 1 atom stereocenters. The number of anilines is 1. The molecule has 1 saturated heterocycles. The summed E-state index contributed by atoms with van der Waals surface area (Å²) < 4.78 is 0. The van der Waals surface area contributed by atoms with Gasteiger partial charge in [-0.05, 0) is 31.0 Å². The SMILES string of the molecule is Cc1ccc(C)c(N2CCN(C)C(=O)C2CC#N)c1. The van der Waals surface area contributed by atoms with Crippen molar-refractivity contribution in [2.45, 2.75) is 26.3 Å². The molecule has 4 nitrogen and oxygen atoms in total. The van der Waals surface area contributed by atoms with Crippen LogP contribution in [0.2, 0.25) is 0 Å². The Morgan fingerprint density at radius 1 is 1.37 bits per heavy atom. The van der Waals surface area contributed by atoms with E-state index in [-0.39, 0.29) is 18.4 Å². The second-order valence-corrected chi connectivity index (χ2v) is 5.12. The zero-order valence-corrected chi connectivity index (χ0v) is 11.7. The Morgan fingerprint density at radius 2 is 2.11 bits per heavy atom. The summed E-state index contributed by atoms with van der Waals surface area (Å²) in [7, 11) is 1.80. The highest BCUT2D eigenvalue weighted by atomic mass is 16.2. The van der Waals surface area contributed by atoms with Crippen molar-refractivity contribution < 1.29 is 4.79 Å². The third-order valence-electron chi connectivity index (χ3n) is 3.67. The Morgan fingerprint density at radius 3 is 2.79 bits per heavy atom. The number of benzene rings is 1. The molecule has 4 heteroatoms. The Kier molecular flexibility index (Phi) is 3.75. The third kappa shape index (κ3) is 2.55. The van der Waals surface area contributed by atoms with Gasteiger partial charge in [0.25, 0.3) is 0 Å². The molecule has 0 spiro atoms. The number of piperazine rings is 1. The van der Waals surface area contributed by atoms with Crippen LogP contribution in [0.5, 0.6) is 0 Å². The van der Waals surface area contributed by atoms with Gasteiger partial charge in [0.2, 0.25) is 5.91 Å². The zero-order valence-electron chi connectivity index (χ0n) is 11.7. The van der Waals surface area contributed by atoms with Gasteiger partial charge in [0, 0.05) is 25.8 Å². The first-order valence-corrected chi connectivity index (χ1v) is 6.50. The van der Waals surface area contributed by atoms with Crippen molar-refractivity contribution in [2.24, 2.45) is 0 Å². The molecule has 2 rings (SSSR count). The maximum atomic E-state index is 12.2. The number of hydrogen-bond donors (Lipinski definition) is 0. The van der Waals surface area contributed by atoms with Crippen LogP contribution in [0.25, 0.3) is 0 Å². The molecule has 0 bridgehead atoms. The van der Waals surface area contributed by atoms with Crippen molar-refractivity contribution in [1.29, 1.82) is 5.26 Å². The van der Waals surface area contributed by atoms with E-state index in [1.54, 1.807) is 11.9 Å². The van der Waals surface area contributed by atoms with Gasteiger partial charge < -0.3 is 9.80 Å². The highest BCUT2D eigenvalue weighted by Gasteiger charge is 2.33. The summed E-state index contributed by atoms with van der Waals surface area (Å²) in [6.45, 7) is 5.56. The van der Waals surface area contributed by atoms with Crippen LogP contribution in [0.1, 0.15) is 17.5 Å². The molecule has 1 amide bonds. The Bertz CT molecular complexity index is 533. The topological polar surface area (TPSA) is 47.3 Å². The molecular weight excluding hydrogens is 238 g/mol. The highest BCUT2D eigenvalue weighted by Crippen LogP contribution is 2.27. The van der Waals surface area contributed by atoms with E-state index < -0.39 is 0 Å². The number of carbonyl (C=O) groups is 1. The standard InChI is InChI=1S/C15H19N3O/c1-11-4-5-12(2)14(10-11)18-9-8-17(3)15(19)13(18)6-7-16/h4-5,10,13H,6,8-9H2,1-3H3. The second-order valence-electron chi connectivity index (χ2n) is 5.12. The maximum absolute atomic E-state index is 12.2. The first kappa shape index (κ1) is 13.4. The van der Waals surface area contributed by atoms with Gasteiger partial charge in [-0.25, -0.2) is 0 Å². The number of aryl methyl sites for hydroxylation is 2. The minimum atomic E-state index is -0.357. The van der Waals surface area contributed by atoms with Crippen LogP contribution in [-0.2, 0) is 4.79 Å². The van der Waals surface area contributed by atoms with Gasteiger partial charge >= 0.3 is 0 Å². The number of carbonyl (C=O) groups excluding carboxylic acids is 1. The molecule has 1 unspecified atom stereocenters. The van der Waals surface area contributed by atoms with Gasteiger partial charge in [-0.3, -0.25) is 4.79 Å². The van der Waals surface area contributed by atoms with Gasteiger partial charge in [0.05, 0.1) is 12.5 Å². The Labute approximate surface area is 114 Å². The molecule has 19 heavy (non-hydrogen) atoms. The van der Waals surface area contributed by atoms with Crippen molar-refractivity contribution >= 4 is 11.6 Å². The van der Waals surface area contributed by atoms with E-state index in [0.717, 1.165) is 17.8 Å². The van der Waals surface area contributed by atoms with Crippen LogP contribution < -0.4 is 4.90 Å². The lowest BCUT2D eigenvalue weighted by atomic mass is 10.0. The van der Waals surface area contributed by atoms with Gasteiger partial charge in [-0.2, -0.15) is 5.26 Å². The fraction of sp³-hybridized carbons (Fsp3) is 0.467. The predicted octanol–water partition coefficient (Wildman–Crippen LogP) is 1.86. The van der Waals surface area contributed by atoms with Crippen molar-refractivity contribution in [1.82, 2.24) is 4.90 Å². The van der Waals surface area contributed by atoms with Crippen LogP contribution in [-0.4, -0.2) is 37.0 Å². The largest absolute Gasteiger partial charge is 0.357 e. The number of hydrogen-bond acceptors (Lipinski definition) is 3. The van der Waals surface area contributed by atoms with Crippen LogP contribution in [0.4, 0.5) is 5.69 Å². The summed E-state index contributed by atoms with van der Waals surface area (Å²) in [5, 5.41) is 8.96. The van der Waals surface area contributed by atoms with Crippen molar-refractivity contribution in [2.75, 3.05) is 25.0 Å².